The summed E-state index contributed by atoms with van der Waals surface area (Å²) in [5, 5.41) is 11.3. The molecule has 0 saturated heterocycles. The Morgan fingerprint density at radius 1 is 0.739 bits per heavy atom. The van der Waals surface area contributed by atoms with Gasteiger partial charge in [0.15, 0.2) is 0 Å². The third-order valence-corrected chi connectivity index (χ3v) is 9.60. The van der Waals surface area contributed by atoms with Gasteiger partial charge >= 0.3 is 0 Å². The number of hydrogen-bond acceptors (Lipinski definition) is 2. The summed E-state index contributed by atoms with van der Waals surface area (Å²) in [7, 11) is 0. The fraction of sp³-hybridized carbons (Fsp3) is 0.952. The molecule has 128 valence electrons. The SMILES string of the molecule is O=C1CC[C@]2(CCCC23CCCC3)[C@@]12[C@@H](O)CCC21CCCC1. The van der Waals surface area contributed by atoms with Crippen LogP contribution in [0.1, 0.15) is 96.3 Å². The van der Waals surface area contributed by atoms with Crippen molar-refractivity contribution in [3.05, 3.63) is 0 Å². The van der Waals surface area contributed by atoms with Crippen LogP contribution in [-0.4, -0.2) is 17.0 Å². The number of ketones is 1. The van der Waals surface area contributed by atoms with Crippen LogP contribution in [-0.2, 0) is 4.79 Å². The van der Waals surface area contributed by atoms with Gasteiger partial charge < -0.3 is 5.11 Å². The van der Waals surface area contributed by atoms with Gasteiger partial charge in [-0.3, -0.25) is 4.79 Å². The molecule has 0 aromatic carbocycles. The van der Waals surface area contributed by atoms with E-state index in [2.05, 4.69) is 0 Å². The molecule has 5 fully saturated rings. The van der Waals surface area contributed by atoms with Crippen LogP contribution in [0, 0.1) is 21.7 Å². The van der Waals surface area contributed by atoms with E-state index in [4.69, 9.17) is 0 Å². The average molecular weight is 316 g/mol. The summed E-state index contributed by atoms with van der Waals surface area (Å²) in [6, 6.07) is 0. The first-order valence-corrected chi connectivity index (χ1v) is 10.3. The van der Waals surface area contributed by atoms with Gasteiger partial charge in [-0.05, 0) is 74.0 Å². The third-order valence-electron chi connectivity index (χ3n) is 9.60. The lowest BCUT2D eigenvalue weighted by Crippen LogP contribution is -2.60. The highest BCUT2D eigenvalue weighted by Crippen LogP contribution is 2.81. The summed E-state index contributed by atoms with van der Waals surface area (Å²) in [4.78, 5) is 13.5. The molecular weight excluding hydrogens is 284 g/mol. The lowest BCUT2D eigenvalue weighted by molar-refractivity contribution is -0.171. The van der Waals surface area contributed by atoms with Crippen molar-refractivity contribution >= 4 is 5.78 Å². The summed E-state index contributed by atoms with van der Waals surface area (Å²) in [6.45, 7) is 0. The Morgan fingerprint density at radius 3 is 2.04 bits per heavy atom. The van der Waals surface area contributed by atoms with Crippen molar-refractivity contribution in [2.45, 2.75) is 102 Å². The van der Waals surface area contributed by atoms with Crippen molar-refractivity contribution in [2.75, 3.05) is 0 Å². The summed E-state index contributed by atoms with van der Waals surface area (Å²) in [5.74, 6) is 0.484. The van der Waals surface area contributed by atoms with Gasteiger partial charge in [-0.1, -0.05) is 32.1 Å². The molecule has 5 rings (SSSR count). The van der Waals surface area contributed by atoms with Crippen molar-refractivity contribution in [2.24, 2.45) is 21.7 Å². The maximum absolute atomic E-state index is 13.5. The lowest BCUT2D eigenvalue weighted by Gasteiger charge is -2.58. The summed E-state index contributed by atoms with van der Waals surface area (Å²) in [5.41, 5.74) is 0.380. The minimum atomic E-state index is -0.350. The first-order chi connectivity index (χ1) is 11.1. The summed E-state index contributed by atoms with van der Waals surface area (Å²) < 4.78 is 0. The Bertz CT molecular complexity index is 520. The maximum atomic E-state index is 13.5. The van der Waals surface area contributed by atoms with Crippen LogP contribution < -0.4 is 0 Å². The van der Waals surface area contributed by atoms with Gasteiger partial charge in [-0.15, -0.1) is 0 Å². The maximum Gasteiger partial charge on any atom is 0.142 e. The average Bonchev–Trinajstić information content (AvgIpc) is 3.32. The molecule has 5 aliphatic carbocycles. The predicted octanol–water partition coefficient (Wildman–Crippen LogP) is 4.78. The number of carbonyl (C=O) groups is 1. The van der Waals surface area contributed by atoms with Gasteiger partial charge in [0.2, 0.25) is 0 Å². The zero-order valence-electron chi connectivity index (χ0n) is 14.5. The fourth-order valence-corrected chi connectivity index (χ4v) is 9.19. The van der Waals surface area contributed by atoms with E-state index in [-0.39, 0.29) is 22.3 Å². The lowest BCUT2D eigenvalue weighted by atomic mass is 9.44. The van der Waals surface area contributed by atoms with E-state index < -0.39 is 0 Å². The van der Waals surface area contributed by atoms with E-state index in [1.165, 1.54) is 70.6 Å². The van der Waals surface area contributed by atoms with E-state index in [1.54, 1.807) is 0 Å². The molecule has 5 aliphatic rings. The van der Waals surface area contributed by atoms with E-state index in [0.717, 1.165) is 25.7 Å². The molecule has 4 spiro atoms. The first-order valence-electron chi connectivity index (χ1n) is 10.3. The third kappa shape index (κ3) is 1.42. The minimum Gasteiger partial charge on any atom is -0.392 e. The van der Waals surface area contributed by atoms with Gasteiger partial charge in [-0.25, -0.2) is 0 Å². The minimum absolute atomic E-state index is 0.161. The molecular formula is C21H32O2. The molecule has 0 amide bonds. The van der Waals surface area contributed by atoms with E-state index in [0.29, 0.717) is 11.2 Å². The zero-order valence-corrected chi connectivity index (χ0v) is 14.5. The van der Waals surface area contributed by atoms with Gasteiger partial charge in [0, 0.05) is 6.42 Å². The number of carbonyl (C=O) groups excluding carboxylic acids is 1. The van der Waals surface area contributed by atoms with Crippen LogP contribution in [0.2, 0.25) is 0 Å². The van der Waals surface area contributed by atoms with Crippen molar-refractivity contribution in [3.63, 3.8) is 0 Å². The number of aliphatic hydroxyl groups is 1. The Hall–Kier alpha value is -0.370. The molecule has 0 aromatic rings. The summed E-state index contributed by atoms with van der Waals surface area (Å²) in [6.07, 6.45) is 17.8. The van der Waals surface area contributed by atoms with Gasteiger partial charge in [-0.2, -0.15) is 0 Å². The normalized spacial score (nSPS) is 47.2. The van der Waals surface area contributed by atoms with E-state index in [1.807, 2.05) is 0 Å². The molecule has 0 heterocycles. The number of aliphatic hydroxyl groups excluding tert-OH is 1. The van der Waals surface area contributed by atoms with Crippen molar-refractivity contribution in [1.82, 2.24) is 0 Å². The van der Waals surface area contributed by atoms with Crippen LogP contribution in [0.3, 0.4) is 0 Å². The second-order valence-electron chi connectivity index (χ2n) is 9.70. The van der Waals surface area contributed by atoms with Crippen LogP contribution in [0.25, 0.3) is 0 Å². The highest BCUT2D eigenvalue weighted by atomic mass is 16.3. The van der Waals surface area contributed by atoms with E-state index >= 15 is 0 Å². The van der Waals surface area contributed by atoms with Crippen LogP contribution in [0.5, 0.6) is 0 Å². The second kappa shape index (κ2) is 4.62. The molecule has 23 heavy (non-hydrogen) atoms. The quantitative estimate of drug-likeness (QED) is 0.698. The number of rotatable bonds is 0. The molecule has 5 saturated carbocycles. The fourth-order valence-electron chi connectivity index (χ4n) is 9.19. The molecule has 0 aliphatic heterocycles. The molecule has 0 bridgehead atoms. The number of hydrogen-bond donors (Lipinski definition) is 1. The van der Waals surface area contributed by atoms with Gasteiger partial charge in [0.1, 0.15) is 5.78 Å². The van der Waals surface area contributed by atoms with Crippen molar-refractivity contribution in [1.29, 1.82) is 0 Å². The largest absolute Gasteiger partial charge is 0.392 e. The molecule has 2 heteroatoms. The zero-order chi connectivity index (χ0) is 15.8. The predicted molar refractivity (Wildman–Crippen MR) is 90.0 cm³/mol. The van der Waals surface area contributed by atoms with Crippen molar-refractivity contribution < 1.29 is 9.90 Å². The molecule has 3 atom stereocenters. The van der Waals surface area contributed by atoms with Crippen LogP contribution in [0.4, 0.5) is 0 Å². The molecule has 1 N–H and O–H groups in total. The number of Topliss-reactive ketones (excluding diaryl/α,β-unsaturated/α-hetero) is 1. The first kappa shape index (κ1) is 14.9. The van der Waals surface area contributed by atoms with Crippen LogP contribution >= 0.6 is 0 Å². The highest BCUT2D eigenvalue weighted by molar-refractivity contribution is 5.91. The standard InChI is InChI=1S/C21H32O2/c22-16-6-14-19(10-3-4-11-19)21(16)17(23)7-15-20(21)13-5-12-18(20)8-1-2-9-18/h16,22H,1-15H2/t16-,20-,21-/m0/s1. The van der Waals surface area contributed by atoms with Crippen molar-refractivity contribution in [3.8, 4) is 0 Å². The Kier molecular flexibility index (Phi) is 3.00. The molecule has 0 unspecified atom stereocenters. The topological polar surface area (TPSA) is 37.3 Å². The summed E-state index contributed by atoms with van der Waals surface area (Å²) >= 11 is 0. The second-order valence-corrected chi connectivity index (χ2v) is 9.70. The van der Waals surface area contributed by atoms with Gasteiger partial charge in [0.25, 0.3) is 0 Å². The Balaban J connectivity index is 1.74. The van der Waals surface area contributed by atoms with E-state index in [9.17, 15) is 9.90 Å². The number of fused-ring (bicyclic) bond motifs is 3. The molecule has 0 aromatic heterocycles. The monoisotopic (exact) mass is 316 g/mol. The Morgan fingerprint density at radius 2 is 1.35 bits per heavy atom. The smallest absolute Gasteiger partial charge is 0.142 e. The Labute approximate surface area is 140 Å². The molecule has 2 nitrogen and oxygen atoms in total. The molecule has 0 radical (unpaired) electrons. The highest BCUT2D eigenvalue weighted by Gasteiger charge is 2.79. The van der Waals surface area contributed by atoms with Crippen LogP contribution in [0.15, 0.2) is 0 Å². The van der Waals surface area contributed by atoms with Gasteiger partial charge in [0.05, 0.1) is 11.5 Å².